The maximum absolute atomic E-state index is 8.87. The van der Waals surface area contributed by atoms with Gasteiger partial charge in [-0.25, -0.2) is 0 Å². The smallest absolute Gasteiger partial charge is 0.129 e. The number of hydrogen-bond donors (Lipinski definition) is 2. The summed E-state index contributed by atoms with van der Waals surface area (Å²) in [6.07, 6.45) is 6.38. The molecule has 0 amide bonds. The molecular formula is C13H19N3S. The van der Waals surface area contributed by atoms with E-state index in [1.54, 1.807) is 0 Å². The van der Waals surface area contributed by atoms with Gasteiger partial charge in [-0.15, -0.1) is 11.3 Å². The van der Waals surface area contributed by atoms with Crippen molar-refractivity contribution in [2.45, 2.75) is 45.1 Å². The zero-order valence-electron chi connectivity index (χ0n) is 10.2. The van der Waals surface area contributed by atoms with Crippen LogP contribution in [-0.4, -0.2) is 6.04 Å². The van der Waals surface area contributed by atoms with Crippen LogP contribution in [-0.2, 0) is 0 Å². The molecule has 1 aliphatic carbocycles. The minimum atomic E-state index is 0.546. The molecule has 1 aliphatic rings. The molecule has 1 aromatic rings. The lowest BCUT2D eigenvalue weighted by molar-refractivity contribution is 0.502. The minimum Gasteiger partial charge on any atom is -0.397 e. The Bertz CT molecular complexity index is 419. The second kappa shape index (κ2) is 5.42. The molecule has 0 aromatic carbocycles. The molecule has 2 atom stereocenters. The molecule has 1 fully saturated rings. The third-order valence-corrected chi connectivity index (χ3v) is 4.45. The second-order valence-corrected chi connectivity index (χ2v) is 6.01. The van der Waals surface area contributed by atoms with Gasteiger partial charge < -0.3 is 11.1 Å². The molecule has 3 nitrogen and oxygen atoms in total. The number of nitrogens with zero attached hydrogens (tertiary/aromatic N) is 1. The number of hydrogen-bond acceptors (Lipinski definition) is 4. The van der Waals surface area contributed by atoms with Crippen LogP contribution in [0.1, 0.15) is 43.9 Å². The Morgan fingerprint density at radius 1 is 1.41 bits per heavy atom. The molecule has 4 heteroatoms. The highest BCUT2D eigenvalue weighted by Crippen LogP contribution is 2.31. The summed E-state index contributed by atoms with van der Waals surface area (Å²) in [7, 11) is 0. The molecule has 0 spiro atoms. The van der Waals surface area contributed by atoms with Crippen LogP contribution in [0.3, 0.4) is 0 Å². The molecule has 3 N–H and O–H groups in total. The van der Waals surface area contributed by atoms with Crippen molar-refractivity contribution < 1.29 is 0 Å². The van der Waals surface area contributed by atoms with E-state index >= 15 is 0 Å². The van der Waals surface area contributed by atoms with Gasteiger partial charge in [0.2, 0.25) is 0 Å². The van der Waals surface area contributed by atoms with Crippen molar-refractivity contribution in [2.75, 3.05) is 11.1 Å². The van der Waals surface area contributed by atoms with Crippen LogP contribution < -0.4 is 11.1 Å². The van der Waals surface area contributed by atoms with Crippen LogP contribution in [0.25, 0.3) is 0 Å². The number of nitrogens with one attached hydrogen (secondary N) is 1. The van der Waals surface area contributed by atoms with Crippen molar-refractivity contribution >= 4 is 22.0 Å². The van der Waals surface area contributed by atoms with Crippen molar-refractivity contribution in [1.29, 1.82) is 5.26 Å². The first-order valence-electron chi connectivity index (χ1n) is 6.25. The third-order valence-electron chi connectivity index (χ3n) is 3.47. The third kappa shape index (κ3) is 3.13. The first-order chi connectivity index (χ1) is 8.19. The Morgan fingerprint density at radius 3 is 2.94 bits per heavy atom. The molecule has 2 rings (SSSR count). The van der Waals surface area contributed by atoms with Crippen molar-refractivity contribution in [3.63, 3.8) is 0 Å². The number of nitriles is 1. The van der Waals surface area contributed by atoms with Crippen molar-refractivity contribution in [3.8, 4) is 6.07 Å². The molecule has 1 heterocycles. The largest absolute Gasteiger partial charge is 0.397 e. The van der Waals surface area contributed by atoms with Crippen molar-refractivity contribution in [1.82, 2.24) is 0 Å². The molecule has 0 saturated heterocycles. The number of rotatable bonds is 2. The van der Waals surface area contributed by atoms with Crippen LogP contribution in [0.2, 0.25) is 0 Å². The first kappa shape index (κ1) is 12.3. The lowest BCUT2D eigenvalue weighted by Gasteiger charge is -2.15. The summed E-state index contributed by atoms with van der Waals surface area (Å²) >= 11 is 1.46. The molecular weight excluding hydrogens is 230 g/mol. The Hall–Kier alpha value is -1.21. The molecule has 1 aromatic heterocycles. The van der Waals surface area contributed by atoms with E-state index in [0.29, 0.717) is 16.6 Å². The molecule has 0 aliphatic heterocycles. The second-order valence-electron chi connectivity index (χ2n) is 4.96. The summed E-state index contributed by atoms with van der Waals surface area (Å²) < 4.78 is 0. The summed E-state index contributed by atoms with van der Waals surface area (Å²) in [5.74, 6) is 0.852. The quantitative estimate of drug-likeness (QED) is 0.787. The minimum absolute atomic E-state index is 0.546. The van der Waals surface area contributed by atoms with E-state index in [0.717, 1.165) is 10.9 Å². The Labute approximate surface area is 107 Å². The fourth-order valence-corrected chi connectivity index (χ4v) is 3.25. The van der Waals surface area contributed by atoms with E-state index in [1.165, 1.54) is 43.4 Å². The monoisotopic (exact) mass is 249 g/mol. The highest BCUT2D eigenvalue weighted by molar-refractivity contribution is 7.17. The van der Waals surface area contributed by atoms with Gasteiger partial charge in [-0.2, -0.15) is 5.26 Å². The van der Waals surface area contributed by atoms with Gasteiger partial charge in [0.15, 0.2) is 0 Å². The van der Waals surface area contributed by atoms with Crippen LogP contribution in [0, 0.1) is 17.2 Å². The van der Waals surface area contributed by atoms with Gasteiger partial charge in [0.05, 0.1) is 10.7 Å². The summed E-state index contributed by atoms with van der Waals surface area (Å²) in [5.41, 5.74) is 6.36. The Morgan fingerprint density at radius 2 is 2.24 bits per heavy atom. The summed E-state index contributed by atoms with van der Waals surface area (Å²) in [6, 6.07) is 4.56. The first-order valence-corrected chi connectivity index (χ1v) is 7.06. The standard InChI is InChI=1S/C13H19N3S/c1-9-3-2-4-10(6-5-9)16-13-7-11(15)12(8-14)17-13/h7,9-10,16H,2-6,15H2,1H3. The molecule has 0 radical (unpaired) electrons. The lowest BCUT2D eigenvalue weighted by Crippen LogP contribution is -2.17. The summed E-state index contributed by atoms with van der Waals surface area (Å²) in [6.45, 7) is 2.33. The van der Waals surface area contributed by atoms with E-state index in [4.69, 9.17) is 11.0 Å². The molecule has 17 heavy (non-hydrogen) atoms. The van der Waals surface area contributed by atoms with Crippen LogP contribution in [0.15, 0.2) is 6.07 Å². The predicted octanol–water partition coefficient (Wildman–Crippen LogP) is 3.58. The summed E-state index contributed by atoms with van der Waals surface area (Å²) in [4.78, 5) is 0.620. The average molecular weight is 249 g/mol. The highest BCUT2D eigenvalue weighted by Gasteiger charge is 2.17. The van der Waals surface area contributed by atoms with E-state index in [9.17, 15) is 0 Å². The lowest BCUT2D eigenvalue weighted by atomic mass is 10.0. The van der Waals surface area contributed by atoms with Gasteiger partial charge in [0.1, 0.15) is 10.9 Å². The van der Waals surface area contributed by atoms with Gasteiger partial charge in [-0.3, -0.25) is 0 Å². The SMILES string of the molecule is CC1CCCC(Nc2cc(N)c(C#N)s2)CC1. The van der Waals surface area contributed by atoms with Gasteiger partial charge in [0, 0.05) is 6.04 Å². The normalized spacial score (nSPS) is 24.9. The zero-order valence-corrected chi connectivity index (χ0v) is 11.0. The number of nitrogens with two attached hydrogens (primary N) is 1. The van der Waals surface area contributed by atoms with E-state index in [-0.39, 0.29) is 0 Å². The van der Waals surface area contributed by atoms with Crippen LogP contribution in [0.4, 0.5) is 10.7 Å². The molecule has 2 unspecified atom stereocenters. The van der Waals surface area contributed by atoms with Crippen LogP contribution in [0.5, 0.6) is 0 Å². The van der Waals surface area contributed by atoms with Gasteiger partial charge in [0.25, 0.3) is 0 Å². The average Bonchev–Trinajstić information content (AvgIpc) is 2.52. The van der Waals surface area contributed by atoms with Gasteiger partial charge in [-0.05, 0) is 31.2 Å². The van der Waals surface area contributed by atoms with E-state index in [2.05, 4.69) is 18.3 Å². The van der Waals surface area contributed by atoms with E-state index < -0.39 is 0 Å². The molecule has 92 valence electrons. The van der Waals surface area contributed by atoms with Crippen molar-refractivity contribution in [3.05, 3.63) is 10.9 Å². The fraction of sp³-hybridized carbons (Fsp3) is 0.615. The zero-order chi connectivity index (χ0) is 12.3. The Balaban J connectivity index is 1.98. The molecule has 1 saturated carbocycles. The number of nitrogen functional groups attached to an aromatic ring is 1. The highest BCUT2D eigenvalue weighted by atomic mass is 32.1. The van der Waals surface area contributed by atoms with Crippen LogP contribution >= 0.6 is 11.3 Å². The number of thiophene rings is 1. The Kier molecular flexibility index (Phi) is 3.90. The molecule has 0 bridgehead atoms. The van der Waals surface area contributed by atoms with Crippen molar-refractivity contribution in [2.24, 2.45) is 5.92 Å². The maximum atomic E-state index is 8.87. The number of anilines is 2. The topological polar surface area (TPSA) is 61.8 Å². The summed E-state index contributed by atoms with van der Waals surface area (Å²) in [5, 5.41) is 13.4. The fourth-order valence-electron chi connectivity index (χ4n) is 2.40. The van der Waals surface area contributed by atoms with E-state index in [1.807, 2.05) is 6.07 Å². The maximum Gasteiger partial charge on any atom is 0.129 e. The predicted molar refractivity (Wildman–Crippen MR) is 73.1 cm³/mol. The van der Waals surface area contributed by atoms with Gasteiger partial charge >= 0.3 is 0 Å². The van der Waals surface area contributed by atoms with Gasteiger partial charge in [-0.1, -0.05) is 19.8 Å².